The number of hydrogen-bond donors (Lipinski definition) is 1. The molecule has 1 fully saturated rings. The summed E-state index contributed by atoms with van der Waals surface area (Å²) >= 11 is 3.26. The third-order valence-electron chi connectivity index (χ3n) is 3.83. The maximum absolute atomic E-state index is 13.4. The first-order valence-electron chi connectivity index (χ1n) is 6.20. The molecule has 1 saturated heterocycles. The van der Waals surface area contributed by atoms with E-state index in [0.29, 0.717) is 10.0 Å². The molecule has 1 aliphatic heterocycles. The SMILES string of the molecule is CC1(C)OB([C@H](N)c2cc(F)cc(Br)c2)OC1(C)C. The van der Waals surface area contributed by atoms with Gasteiger partial charge in [0.15, 0.2) is 0 Å². The Balaban J connectivity index is 2.24. The molecular weight excluding hydrogens is 312 g/mol. The summed E-state index contributed by atoms with van der Waals surface area (Å²) in [5.74, 6) is -0.871. The van der Waals surface area contributed by atoms with Gasteiger partial charge in [0.1, 0.15) is 5.82 Å². The van der Waals surface area contributed by atoms with E-state index in [-0.39, 0.29) is 5.82 Å². The van der Waals surface area contributed by atoms with E-state index in [1.54, 1.807) is 6.07 Å². The van der Waals surface area contributed by atoms with Crippen molar-refractivity contribution >= 4 is 23.0 Å². The maximum atomic E-state index is 13.4. The van der Waals surface area contributed by atoms with E-state index in [0.717, 1.165) is 0 Å². The van der Waals surface area contributed by atoms with Crippen molar-refractivity contribution in [3.05, 3.63) is 34.1 Å². The zero-order chi connectivity index (χ0) is 14.4. The van der Waals surface area contributed by atoms with Gasteiger partial charge in [-0.25, -0.2) is 4.39 Å². The van der Waals surface area contributed by atoms with Crippen LogP contribution in [-0.2, 0) is 9.31 Å². The Kier molecular flexibility index (Phi) is 3.82. The van der Waals surface area contributed by atoms with Gasteiger partial charge in [-0.1, -0.05) is 15.9 Å². The van der Waals surface area contributed by atoms with Gasteiger partial charge in [-0.15, -0.1) is 0 Å². The van der Waals surface area contributed by atoms with Crippen LogP contribution in [0.25, 0.3) is 0 Å². The zero-order valence-electron chi connectivity index (χ0n) is 11.5. The fourth-order valence-electron chi connectivity index (χ4n) is 1.96. The Morgan fingerprint density at radius 2 is 1.68 bits per heavy atom. The first-order valence-corrected chi connectivity index (χ1v) is 6.99. The molecule has 1 aliphatic rings. The van der Waals surface area contributed by atoms with Crippen molar-refractivity contribution in [3.8, 4) is 0 Å². The topological polar surface area (TPSA) is 44.5 Å². The summed E-state index contributed by atoms with van der Waals surface area (Å²) in [4.78, 5) is 0. The molecule has 0 spiro atoms. The third-order valence-corrected chi connectivity index (χ3v) is 4.29. The molecule has 2 N–H and O–H groups in total. The average molecular weight is 330 g/mol. The van der Waals surface area contributed by atoms with Crippen LogP contribution in [0, 0.1) is 5.82 Å². The molecule has 104 valence electrons. The van der Waals surface area contributed by atoms with Gasteiger partial charge in [-0.05, 0) is 51.5 Å². The quantitative estimate of drug-likeness (QED) is 0.847. The molecular formula is C13H18BBrFNO2. The third kappa shape index (κ3) is 2.87. The predicted octanol–water partition coefficient (Wildman–Crippen LogP) is 3.22. The summed E-state index contributed by atoms with van der Waals surface area (Å²) in [6.07, 6.45) is 0. The average Bonchev–Trinajstić information content (AvgIpc) is 2.45. The van der Waals surface area contributed by atoms with E-state index < -0.39 is 24.3 Å². The number of rotatable bonds is 2. The summed E-state index contributed by atoms with van der Waals surface area (Å²) in [6, 6.07) is 4.57. The van der Waals surface area contributed by atoms with Crippen molar-refractivity contribution in [3.63, 3.8) is 0 Å². The van der Waals surface area contributed by atoms with E-state index in [9.17, 15) is 4.39 Å². The van der Waals surface area contributed by atoms with Gasteiger partial charge in [0.05, 0.1) is 17.1 Å². The van der Waals surface area contributed by atoms with E-state index in [1.807, 2.05) is 27.7 Å². The van der Waals surface area contributed by atoms with Crippen LogP contribution in [0.3, 0.4) is 0 Å². The fourth-order valence-corrected chi connectivity index (χ4v) is 2.44. The first kappa shape index (κ1) is 15.0. The molecule has 1 atom stereocenters. The Hall–Kier alpha value is -0.425. The normalized spacial score (nSPS) is 22.6. The molecule has 1 aromatic carbocycles. The van der Waals surface area contributed by atoms with Gasteiger partial charge in [0, 0.05) is 4.47 Å². The van der Waals surface area contributed by atoms with Gasteiger partial charge in [0.2, 0.25) is 0 Å². The van der Waals surface area contributed by atoms with Crippen molar-refractivity contribution in [2.45, 2.75) is 44.8 Å². The number of benzene rings is 1. The largest absolute Gasteiger partial charge is 0.480 e. The highest BCUT2D eigenvalue weighted by Crippen LogP contribution is 2.39. The zero-order valence-corrected chi connectivity index (χ0v) is 13.1. The maximum Gasteiger partial charge on any atom is 0.480 e. The molecule has 0 bridgehead atoms. The lowest BCUT2D eigenvalue weighted by Gasteiger charge is -2.32. The van der Waals surface area contributed by atoms with Crippen molar-refractivity contribution in [1.82, 2.24) is 0 Å². The number of halogens is 2. The molecule has 1 heterocycles. The predicted molar refractivity (Wildman–Crippen MR) is 77.1 cm³/mol. The Morgan fingerprint density at radius 1 is 1.16 bits per heavy atom. The molecule has 0 aromatic heterocycles. The molecule has 3 nitrogen and oxygen atoms in total. The second kappa shape index (κ2) is 4.84. The minimum absolute atomic E-state index is 0.337. The molecule has 0 aliphatic carbocycles. The summed E-state index contributed by atoms with van der Waals surface area (Å²) in [6.45, 7) is 7.84. The van der Waals surface area contributed by atoms with Gasteiger partial charge in [0.25, 0.3) is 0 Å². The van der Waals surface area contributed by atoms with E-state index >= 15 is 0 Å². The minimum Gasteiger partial charge on any atom is -0.402 e. The molecule has 0 saturated carbocycles. The highest BCUT2D eigenvalue weighted by Gasteiger charge is 2.53. The molecule has 1 aromatic rings. The van der Waals surface area contributed by atoms with E-state index in [2.05, 4.69) is 15.9 Å². The molecule has 19 heavy (non-hydrogen) atoms. The number of hydrogen-bond acceptors (Lipinski definition) is 3. The van der Waals surface area contributed by atoms with Gasteiger partial charge < -0.3 is 15.0 Å². The van der Waals surface area contributed by atoms with Crippen molar-refractivity contribution in [2.75, 3.05) is 0 Å². The molecule has 6 heteroatoms. The highest BCUT2D eigenvalue weighted by molar-refractivity contribution is 9.10. The monoisotopic (exact) mass is 329 g/mol. The van der Waals surface area contributed by atoms with Crippen molar-refractivity contribution in [2.24, 2.45) is 5.73 Å². The van der Waals surface area contributed by atoms with Gasteiger partial charge >= 0.3 is 7.12 Å². The van der Waals surface area contributed by atoms with Gasteiger partial charge in [-0.2, -0.15) is 0 Å². The van der Waals surface area contributed by atoms with Crippen LogP contribution >= 0.6 is 15.9 Å². The Morgan fingerprint density at radius 3 is 2.16 bits per heavy atom. The molecule has 0 amide bonds. The van der Waals surface area contributed by atoms with Crippen molar-refractivity contribution < 1.29 is 13.7 Å². The van der Waals surface area contributed by atoms with Crippen LogP contribution in [0.15, 0.2) is 22.7 Å². The Labute approximate surface area is 121 Å². The van der Waals surface area contributed by atoms with Crippen LogP contribution in [0.5, 0.6) is 0 Å². The van der Waals surface area contributed by atoms with Crippen molar-refractivity contribution in [1.29, 1.82) is 0 Å². The fraction of sp³-hybridized carbons (Fsp3) is 0.538. The lowest BCUT2D eigenvalue weighted by atomic mass is 9.75. The lowest BCUT2D eigenvalue weighted by Crippen LogP contribution is -2.41. The summed E-state index contributed by atoms with van der Waals surface area (Å²) < 4.78 is 25.8. The summed E-state index contributed by atoms with van der Waals surface area (Å²) in [5.41, 5.74) is 5.90. The molecule has 0 radical (unpaired) electrons. The van der Waals surface area contributed by atoms with E-state index in [4.69, 9.17) is 15.0 Å². The van der Waals surface area contributed by atoms with Crippen LogP contribution in [0.4, 0.5) is 4.39 Å². The Bertz CT molecular complexity index is 459. The molecule has 0 unspecified atom stereocenters. The highest BCUT2D eigenvalue weighted by atomic mass is 79.9. The van der Waals surface area contributed by atoms with Crippen LogP contribution in [0.2, 0.25) is 0 Å². The van der Waals surface area contributed by atoms with Crippen LogP contribution < -0.4 is 5.73 Å². The summed E-state index contributed by atoms with van der Waals surface area (Å²) in [5, 5.41) is 0. The van der Waals surface area contributed by atoms with E-state index in [1.165, 1.54) is 12.1 Å². The first-order chi connectivity index (χ1) is 8.62. The minimum atomic E-state index is -0.585. The van der Waals surface area contributed by atoms with Crippen LogP contribution in [-0.4, -0.2) is 18.3 Å². The summed E-state index contributed by atoms with van der Waals surface area (Å²) in [7, 11) is -0.585. The second-order valence-electron chi connectivity index (χ2n) is 5.85. The van der Waals surface area contributed by atoms with Crippen LogP contribution in [0.1, 0.15) is 39.2 Å². The second-order valence-corrected chi connectivity index (χ2v) is 6.77. The molecule has 2 rings (SSSR count). The van der Waals surface area contributed by atoms with Gasteiger partial charge in [-0.3, -0.25) is 0 Å². The smallest absolute Gasteiger partial charge is 0.402 e. The number of nitrogens with two attached hydrogens (primary N) is 1. The lowest BCUT2D eigenvalue weighted by molar-refractivity contribution is 0.00578. The standard InChI is InChI=1S/C13H18BBrFNO2/c1-12(2)13(3,4)19-14(18-12)11(17)8-5-9(15)7-10(16)6-8/h5-7,11H,17H2,1-4H3/t11-/m1/s1.